The third kappa shape index (κ3) is 6.14. The first-order chi connectivity index (χ1) is 15.5. The Bertz CT molecular complexity index is 746. The van der Waals surface area contributed by atoms with E-state index < -0.39 is 0 Å². The standard InChI is InChI=1S/C28H40O4/c1-19-3-5-21(6-4-19)22-7-9-25(10-8-22)28(30)32-27-17-13-24(14-18-27)23-11-15-26(16-12-23)31-20(2)29/h13-14,17-19,21-23,25-26H,3-12,15-16H2,1-2H3. The van der Waals surface area contributed by atoms with Crippen molar-refractivity contribution in [3.05, 3.63) is 29.8 Å². The lowest BCUT2D eigenvalue weighted by molar-refractivity contribution is -0.148. The quantitative estimate of drug-likeness (QED) is 0.373. The summed E-state index contributed by atoms with van der Waals surface area (Å²) in [4.78, 5) is 23.9. The molecule has 1 aromatic carbocycles. The first-order valence-corrected chi connectivity index (χ1v) is 13.0. The number of benzene rings is 1. The molecule has 0 unspecified atom stereocenters. The van der Waals surface area contributed by atoms with Crippen LogP contribution in [-0.2, 0) is 14.3 Å². The molecular weight excluding hydrogens is 400 g/mol. The van der Waals surface area contributed by atoms with E-state index in [1.165, 1.54) is 51.0 Å². The van der Waals surface area contributed by atoms with Crippen molar-refractivity contribution in [3.8, 4) is 5.75 Å². The zero-order chi connectivity index (χ0) is 22.5. The summed E-state index contributed by atoms with van der Waals surface area (Å²) in [6, 6.07) is 8.08. The van der Waals surface area contributed by atoms with E-state index in [1.807, 2.05) is 12.1 Å². The third-order valence-corrected chi connectivity index (χ3v) is 8.41. The highest BCUT2D eigenvalue weighted by molar-refractivity contribution is 5.75. The van der Waals surface area contributed by atoms with Gasteiger partial charge in [0.1, 0.15) is 11.9 Å². The minimum absolute atomic E-state index is 0.0460. The van der Waals surface area contributed by atoms with Gasteiger partial charge in [0.25, 0.3) is 0 Å². The number of hydrogen-bond acceptors (Lipinski definition) is 4. The van der Waals surface area contributed by atoms with Gasteiger partial charge >= 0.3 is 11.9 Å². The zero-order valence-electron chi connectivity index (χ0n) is 19.9. The first kappa shape index (κ1) is 23.3. The van der Waals surface area contributed by atoms with Crippen molar-refractivity contribution in [1.29, 1.82) is 0 Å². The molecule has 0 atom stereocenters. The first-order valence-electron chi connectivity index (χ1n) is 13.0. The Morgan fingerprint density at radius 3 is 1.88 bits per heavy atom. The molecule has 0 spiro atoms. The molecule has 0 amide bonds. The van der Waals surface area contributed by atoms with E-state index in [-0.39, 0.29) is 24.0 Å². The fraction of sp³-hybridized carbons (Fsp3) is 0.714. The molecule has 0 radical (unpaired) electrons. The van der Waals surface area contributed by atoms with E-state index in [2.05, 4.69) is 19.1 Å². The smallest absolute Gasteiger partial charge is 0.314 e. The summed E-state index contributed by atoms with van der Waals surface area (Å²) in [5.41, 5.74) is 1.29. The second kappa shape index (κ2) is 10.9. The van der Waals surface area contributed by atoms with Crippen molar-refractivity contribution < 1.29 is 19.1 Å². The van der Waals surface area contributed by atoms with Gasteiger partial charge in [-0.1, -0.05) is 31.9 Å². The summed E-state index contributed by atoms with van der Waals surface area (Å²) in [5.74, 6) is 3.60. The van der Waals surface area contributed by atoms with Crippen molar-refractivity contribution in [2.75, 3.05) is 0 Å². The van der Waals surface area contributed by atoms with Crippen LogP contribution in [0.2, 0.25) is 0 Å². The lowest BCUT2D eigenvalue weighted by Crippen LogP contribution is -2.29. The molecule has 1 aromatic rings. The van der Waals surface area contributed by atoms with Gasteiger partial charge in [0.2, 0.25) is 0 Å². The number of carbonyl (C=O) groups excluding carboxylic acids is 2. The van der Waals surface area contributed by atoms with Gasteiger partial charge in [-0.15, -0.1) is 0 Å². The van der Waals surface area contributed by atoms with Crippen LogP contribution in [0.3, 0.4) is 0 Å². The Morgan fingerprint density at radius 1 is 0.750 bits per heavy atom. The lowest BCUT2D eigenvalue weighted by Gasteiger charge is -2.36. The van der Waals surface area contributed by atoms with Crippen molar-refractivity contribution in [2.45, 2.75) is 103 Å². The molecule has 3 saturated carbocycles. The molecule has 4 nitrogen and oxygen atoms in total. The summed E-state index contributed by atoms with van der Waals surface area (Å²) >= 11 is 0. The van der Waals surface area contributed by atoms with E-state index in [1.54, 1.807) is 0 Å². The summed E-state index contributed by atoms with van der Waals surface area (Å²) in [6.45, 7) is 3.86. The maximum absolute atomic E-state index is 12.7. The topological polar surface area (TPSA) is 52.6 Å². The normalized spacial score (nSPS) is 33.3. The molecular formula is C28H40O4. The maximum Gasteiger partial charge on any atom is 0.314 e. The number of carbonyl (C=O) groups is 2. The minimum atomic E-state index is -0.184. The third-order valence-electron chi connectivity index (χ3n) is 8.41. The second-order valence-electron chi connectivity index (χ2n) is 10.7. The molecule has 4 heteroatoms. The Kier molecular flexibility index (Phi) is 7.91. The minimum Gasteiger partial charge on any atom is -0.463 e. The fourth-order valence-corrected chi connectivity index (χ4v) is 6.34. The van der Waals surface area contributed by atoms with Crippen molar-refractivity contribution in [3.63, 3.8) is 0 Å². The molecule has 4 rings (SSSR count). The number of hydrogen-bond donors (Lipinski definition) is 0. The Morgan fingerprint density at radius 2 is 1.31 bits per heavy atom. The van der Waals surface area contributed by atoms with Gasteiger partial charge in [0.05, 0.1) is 5.92 Å². The lowest BCUT2D eigenvalue weighted by atomic mass is 9.69. The Labute approximate surface area is 193 Å². The Balaban J connectivity index is 1.21. The molecule has 0 bridgehead atoms. The predicted octanol–water partition coefficient (Wildman–Crippen LogP) is 6.81. The van der Waals surface area contributed by atoms with E-state index in [4.69, 9.17) is 9.47 Å². The van der Waals surface area contributed by atoms with E-state index in [0.29, 0.717) is 11.7 Å². The zero-order valence-corrected chi connectivity index (χ0v) is 19.9. The average molecular weight is 441 g/mol. The molecule has 3 aliphatic carbocycles. The Hall–Kier alpha value is -1.84. The summed E-state index contributed by atoms with van der Waals surface area (Å²) in [5, 5.41) is 0. The fourth-order valence-electron chi connectivity index (χ4n) is 6.34. The van der Waals surface area contributed by atoms with Gasteiger partial charge in [-0.05, 0) is 106 Å². The summed E-state index contributed by atoms with van der Waals surface area (Å²) in [6.07, 6.45) is 13.9. The molecule has 32 heavy (non-hydrogen) atoms. The van der Waals surface area contributed by atoms with Gasteiger partial charge in [-0.2, -0.15) is 0 Å². The van der Waals surface area contributed by atoms with Crippen molar-refractivity contribution >= 4 is 11.9 Å². The van der Waals surface area contributed by atoms with Crippen LogP contribution in [0, 0.1) is 23.7 Å². The van der Waals surface area contributed by atoms with Crippen LogP contribution in [0.15, 0.2) is 24.3 Å². The number of ether oxygens (including phenoxy) is 2. The highest BCUT2D eigenvalue weighted by Crippen LogP contribution is 2.41. The predicted molar refractivity (Wildman–Crippen MR) is 125 cm³/mol. The maximum atomic E-state index is 12.7. The second-order valence-corrected chi connectivity index (χ2v) is 10.7. The van der Waals surface area contributed by atoms with E-state index in [0.717, 1.165) is 56.3 Å². The summed E-state index contributed by atoms with van der Waals surface area (Å²) in [7, 11) is 0. The van der Waals surface area contributed by atoms with Crippen LogP contribution in [0.25, 0.3) is 0 Å². The van der Waals surface area contributed by atoms with Crippen molar-refractivity contribution in [2.24, 2.45) is 23.7 Å². The van der Waals surface area contributed by atoms with E-state index in [9.17, 15) is 9.59 Å². The highest BCUT2D eigenvalue weighted by Gasteiger charge is 2.33. The van der Waals surface area contributed by atoms with Crippen LogP contribution in [-0.4, -0.2) is 18.0 Å². The van der Waals surface area contributed by atoms with Crippen LogP contribution in [0.1, 0.15) is 102 Å². The van der Waals surface area contributed by atoms with Gasteiger partial charge in [0, 0.05) is 6.92 Å². The van der Waals surface area contributed by atoms with Gasteiger partial charge in [-0.3, -0.25) is 9.59 Å². The monoisotopic (exact) mass is 440 g/mol. The average Bonchev–Trinajstić information content (AvgIpc) is 2.80. The highest BCUT2D eigenvalue weighted by atomic mass is 16.5. The summed E-state index contributed by atoms with van der Waals surface area (Å²) < 4.78 is 11.1. The van der Waals surface area contributed by atoms with Crippen molar-refractivity contribution in [1.82, 2.24) is 0 Å². The number of rotatable bonds is 5. The van der Waals surface area contributed by atoms with E-state index >= 15 is 0 Å². The molecule has 0 aromatic heterocycles. The SMILES string of the molecule is CC(=O)OC1CCC(c2ccc(OC(=O)C3CCC(C4CCC(C)CC4)CC3)cc2)CC1. The largest absolute Gasteiger partial charge is 0.463 e. The molecule has 176 valence electrons. The van der Waals surface area contributed by atoms with Gasteiger partial charge in [-0.25, -0.2) is 0 Å². The van der Waals surface area contributed by atoms with Gasteiger partial charge in [0.15, 0.2) is 0 Å². The van der Waals surface area contributed by atoms with Crippen LogP contribution in [0.4, 0.5) is 0 Å². The molecule has 3 fully saturated rings. The molecule has 0 aliphatic heterocycles. The molecule has 0 N–H and O–H groups in total. The molecule has 3 aliphatic rings. The van der Waals surface area contributed by atoms with Crippen LogP contribution >= 0.6 is 0 Å². The number of esters is 2. The van der Waals surface area contributed by atoms with Gasteiger partial charge < -0.3 is 9.47 Å². The molecule has 0 saturated heterocycles. The molecule has 0 heterocycles. The van der Waals surface area contributed by atoms with Crippen LogP contribution < -0.4 is 4.74 Å². The van der Waals surface area contributed by atoms with Crippen LogP contribution in [0.5, 0.6) is 5.75 Å².